The molecular formula is C47H31N3S. The van der Waals surface area contributed by atoms with Gasteiger partial charge in [0.05, 0.1) is 22.6 Å². The molecule has 0 amide bonds. The van der Waals surface area contributed by atoms with Crippen LogP contribution in [0.4, 0.5) is 0 Å². The number of benzene rings is 6. The molecule has 3 nitrogen and oxygen atoms in total. The molecule has 0 unspecified atom stereocenters. The zero-order valence-corrected chi connectivity index (χ0v) is 28.6. The van der Waals surface area contributed by atoms with Gasteiger partial charge in [-0.3, -0.25) is 0 Å². The Bertz CT molecular complexity index is 2850. The maximum atomic E-state index is 5.41. The number of pyridine rings is 1. The van der Waals surface area contributed by atoms with E-state index in [0.29, 0.717) is 5.82 Å². The summed E-state index contributed by atoms with van der Waals surface area (Å²) in [6.07, 6.45) is 8.90. The fourth-order valence-corrected chi connectivity index (χ4v) is 8.61. The van der Waals surface area contributed by atoms with Crippen molar-refractivity contribution >= 4 is 58.8 Å². The summed E-state index contributed by atoms with van der Waals surface area (Å²) < 4.78 is 2.58. The first-order valence-corrected chi connectivity index (χ1v) is 18.2. The molecule has 9 aromatic rings. The van der Waals surface area contributed by atoms with Crippen LogP contribution in [0.3, 0.4) is 0 Å². The van der Waals surface area contributed by atoms with Crippen molar-refractivity contribution in [3.63, 3.8) is 0 Å². The molecular weight excluding hydrogens is 639 g/mol. The van der Waals surface area contributed by atoms with Crippen LogP contribution in [-0.4, -0.2) is 15.0 Å². The van der Waals surface area contributed by atoms with Gasteiger partial charge in [0, 0.05) is 58.6 Å². The van der Waals surface area contributed by atoms with E-state index in [4.69, 9.17) is 15.0 Å². The van der Waals surface area contributed by atoms with E-state index in [1.807, 2.05) is 17.4 Å². The molecule has 0 radical (unpaired) electrons. The Kier molecular flexibility index (Phi) is 7.14. The van der Waals surface area contributed by atoms with Gasteiger partial charge in [-0.2, -0.15) is 0 Å². The van der Waals surface area contributed by atoms with Gasteiger partial charge < -0.3 is 0 Å². The van der Waals surface area contributed by atoms with Crippen LogP contribution in [-0.2, 0) is 0 Å². The minimum Gasteiger partial charge on any atom is -0.247 e. The van der Waals surface area contributed by atoms with Gasteiger partial charge in [-0.05, 0) is 48.2 Å². The Hall–Kier alpha value is -6.23. The monoisotopic (exact) mass is 669 g/mol. The third-order valence-electron chi connectivity index (χ3n) is 9.91. The molecule has 6 aromatic carbocycles. The van der Waals surface area contributed by atoms with Gasteiger partial charge in [-0.15, -0.1) is 11.3 Å². The third-order valence-corrected chi connectivity index (χ3v) is 11.0. The quantitative estimate of drug-likeness (QED) is 0.171. The summed E-state index contributed by atoms with van der Waals surface area (Å²) in [7, 11) is 0. The fraction of sp³-hybridized carbons (Fsp3) is 0.0426. The van der Waals surface area contributed by atoms with Crippen LogP contribution in [0.15, 0.2) is 164 Å². The highest BCUT2D eigenvalue weighted by Gasteiger charge is 2.19. The van der Waals surface area contributed by atoms with E-state index in [9.17, 15) is 0 Å². The lowest BCUT2D eigenvalue weighted by Gasteiger charge is -2.15. The molecule has 4 heteroatoms. The highest BCUT2D eigenvalue weighted by atomic mass is 32.1. The molecule has 1 aliphatic carbocycles. The van der Waals surface area contributed by atoms with Gasteiger partial charge in [-0.25, -0.2) is 15.0 Å². The average Bonchev–Trinajstić information content (AvgIpc) is 3.60. The predicted molar refractivity (Wildman–Crippen MR) is 216 cm³/mol. The Balaban J connectivity index is 1.24. The Morgan fingerprint density at radius 1 is 0.471 bits per heavy atom. The highest BCUT2D eigenvalue weighted by Crippen LogP contribution is 2.44. The summed E-state index contributed by atoms with van der Waals surface area (Å²) in [6, 6.07) is 51.5. The Labute approximate surface area is 299 Å². The second-order valence-electron chi connectivity index (χ2n) is 13.0. The SMILES string of the molecule is C1=CC(c2ccccc2-c2nc(-c3ccccc3)cc(-c3ccc4c(c3)nc(-c3ccccc3)c3ccc5sc6ccccc6c5c34)n2)=CCC1. The summed E-state index contributed by atoms with van der Waals surface area (Å²) in [5.41, 5.74) is 10.2. The highest BCUT2D eigenvalue weighted by molar-refractivity contribution is 7.26. The molecule has 240 valence electrons. The van der Waals surface area contributed by atoms with Crippen LogP contribution in [0.2, 0.25) is 0 Å². The lowest BCUT2D eigenvalue weighted by molar-refractivity contribution is 1.04. The van der Waals surface area contributed by atoms with Gasteiger partial charge in [0.25, 0.3) is 0 Å². The summed E-state index contributed by atoms with van der Waals surface area (Å²) in [5.74, 6) is 0.713. The van der Waals surface area contributed by atoms with Gasteiger partial charge >= 0.3 is 0 Å². The van der Waals surface area contributed by atoms with Crippen molar-refractivity contribution in [3.05, 3.63) is 169 Å². The van der Waals surface area contributed by atoms with Crippen molar-refractivity contribution in [3.8, 4) is 45.2 Å². The van der Waals surface area contributed by atoms with Gasteiger partial charge in [0.2, 0.25) is 0 Å². The zero-order valence-electron chi connectivity index (χ0n) is 27.8. The molecule has 0 bridgehead atoms. The number of nitrogens with zero attached hydrogens (tertiary/aromatic N) is 3. The van der Waals surface area contributed by atoms with Gasteiger partial charge in [0.1, 0.15) is 0 Å². The fourth-order valence-electron chi connectivity index (χ4n) is 7.50. The first kappa shape index (κ1) is 29.7. The van der Waals surface area contributed by atoms with Crippen molar-refractivity contribution in [2.45, 2.75) is 12.8 Å². The number of aromatic nitrogens is 3. The Morgan fingerprint density at radius 2 is 1.18 bits per heavy atom. The van der Waals surface area contributed by atoms with E-state index < -0.39 is 0 Å². The summed E-state index contributed by atoms with van der Waals surface area (Å²) >= 11 is 1.85. The molecule has 0 atom stereocenters. The zero-order chi connectivity index (χ0) is 33.7. The van der Waals surface area contributed by atoms with Gasteiger partial charge in [-0.1, -0.05) is 140 Å². The molecule has 0 fully saturated rings. The summed E-state index contributed by atoms with van der Waals surface area (Å²) in [5, 5.41) is 6.13. The predicted octanol–water partition coefficient (Wildman–Crippen LogP) is 12.9. The van der Waals surface area contributed by atoms with Crippen LogP contribution in [0, 0.1) is 0 Å². The van der Waals surface area contributed by atoms with Crippen LogP contribution in [0.25, 0.3) is 92.6 Å². The Morgan fingerprint density at radius 3 is 1.98 bits per heavy atom. The molecule has 10 rings (SSSR count). The van der Waals surface area contributed by atoms with E-state index in [1.165, 1.54) is 31.1 Å². The molecule has 3 heterocycles. The maximum absolute atomic E-state index is 5.41. The molecule has 3 aromatic heterocycles. The summed E-state index contributed by atoms with van der Waals surface area (Å²) in [4.78, 5) is 15.9. The first-order valence-electron chi connectivity index (χ1n) is 17.4. The van der Waals surface area contributed by atoms with Crippen molar-refractivity contribution in [2.24, 2.45) is 0 Å². The minimum atomic E-state index is 0.713. The molecule has 0 saturated carbocycles. The number of hydrogen-bond acceptors (Lipinski definition) is 4. The molecule has 51 heavy (non-hydrogen) atoms. The van der Waals surface area contributed by atoms with E-state index in [0.717, 1.165) is 74.0 Å². The van der Waals surface area contributed by atoms with Crippen molar-refractivity contribution in [2.75, 3.05) is 0 Å². The molecule has 0 N–H and O–H groups in total. The molecule has 0 saturated heterocycles. The molecule has 1 aliphatic rings. The smallest absolute Gasteiger partial charge is 0.161 e. The first-order chi connectivity index (χ1) is 25.3. The van der Waals surface area contributed by atoms with Crippen molar-refractivity contribution in [1.82, 2.24) is 15.0 Å². The normalized spacial score (nSPS) is 13.0. The van der Waals surface area contributed by atoms with E-state index in [2.05, 4.69) is 158 Å². The van der Waals surface area contributed by atoms with Crippen LogP contribution < -0.4 is 0 Å². The van der Waals surface area contributed by atoms with Crippen LogP contribution in [0.1, 0.15) is 18.4 Å². The molecule has 0 spiro atoms. The minimum absolute atomic E-state index is 0.713. The lowest BCUT2D eigenvalue weighted by Crippen LogP contribution is -1.99. The number of fused-ring (bicyclic) bond motifs is 7. The number of hydrogen-bond donors (Lipinski definition) is 0. The van der Waals surface area contributed by atoms with Crippen molar-refractivity contribution < 1.29 is 0 Å². The molecule has 0 aliphatic heterocycles. The van der Waals surface area contributed by atoms with Crippen LogP contribution >= 0.6 is 11.3 Å². The number of allylic oxidation sites excluding steroid dienone is 4. The number of thiophene rings is 1. The standard InChI is InChI=1S/C47H31N3S/c1-4-14-30(15-5-1)34-20-10-11-21-35(34)47-49-39(31-16-6-2-7-17-31)29-40(50-47)33-24-25-36-41(28-33)48-46(32-18-8-3-9-19-32)38-26-27-43-45(44(36)38)37-22-12-13-23-42(37)51-43/h2-4,6-29H,1,5H2. The lowest BCUT2D eigenvalue weighted by atomic mass is 9.94. The topological polar surface area (TPSA) is 38.7 Å². The maximum Gasteiger partial charge on any atom is 0.161 e. The number of rotatable bonds is 5. The second-order valence-corrected chi connectivity index (χ2v) is 14.1. The van der Waals surface area contributed by atoms with E-state index in [-0.39, 0.29) is 0 Å². The van der Waals surface area contributed by atoms with Crippen molar-refractivity contribution in [1.29, 1.82) is 0 Å². The van der Waals surface area contributed by atoms with Crippen LogP contribution in [0.5, 0.6) is 0 Å². The van der Waals surface area contributed by atoms with E-state index in [1.54, 1.807) is 0 Å². The van der Waals surface area contributed by atoms with E-state index >= 15 is 0 Å². The second kappa shape index (κ2) is 12.3. The third kappa shape index (κ3) is 5.15. The average molecular weight is 670 g/mol. The largest absolute Gasteiger partial charge is 0.247 e. The van der Waals surface area contributed by atoms with Gasteiger partial charge in [0.15, 0.2) is 5.82 Å². The summed E-state index contributed by atoms with van der Waals surface area (Å²) in [6.45, 7) is 0.